The van der Waals surface area contributed by atoms with Gasteiger partial charge in [0.2, 0.25) is 0 Å². The fourth-order valence-corrected chi connectivity index (χ4v) is 2.49. The largest absolute Gasteiger partial charge is 0.481 e. The van der Waals surface area contributed by atoms with Crippen molar-refractivity contribution in [2.75, 3.05) is 13.2 Å². The van der Waals surface area contributed by atoms with E-state index in [2.05, 4.69) is 15.5 Å². The van der Waals surface area contributed by atoms with E-state index in [9.17, 15) is 9.90 Å². The van der Waals surface area contributed by atoms with Crippen LogP contribution in [0.25, 0.3) is 0 Å². The summed E-state index contributed by atoms with van der Waals surface area (Å²) in [4.78, 5) is 11.5. The zero-order valence-corrected chi connectivity index (χ0v) is 11.4. The Bertz CT molecular complexity index is 436. The van der Waals surface area contributed by atoms with Crippen molar-refractivity contribution in [1.82, 2.24) is 20.2 Å². The van der Waals surface area contributed by atoms with E-state index in [1.165, 1.54) is 0 Å². The number of carboxylic acid groups (broad SMARTS) is 1. The first-order valence-corrected chi connectivity index (χ1v) is 6.70. The Morgan fingerprint density at radius 3 is 2.79 bits per heavy atom. The number of hydrogen-bond donors (Lipinski definition) is 1. The van der Waals surface area contributed by atoms with Gasteiger partial charge in [-0.1, -0.05) is 13.8 Å². The summed E-state index contributed by atoms with van der Waals surface area (Å²) in [5, 5.41) is 21.2. The Morgan fingerprint density at radius 1 is 1.53 bits per heavy atom. The van der Waals surface area contributed by atoms with Crippen molar-refractivity contribution in [2.45, 2.75) is 45.6 Å². The molecule has 1 aromatic heterocycles. The topological polar surface area (TPSA) is 90.1 Å². The first-order valence-electron chi connectivity index (χ1n) is 6.70. The molecule has 19 heavy (non-hydrogen) atoms. The van der Waals surface area contributed by atoms with E-state index < -0.39 is 11.4 Å². The van der Waals surface area contributed by atoms with Gasteiger partial charge in [-0.3, -0.25) is 4.79 Å². The molecule has 7 heteroatoms. The maximum absolute atomic E-state index is 11.5. The van der Waals surface area contributed by atoms with Crippen molar-refractivity contribution in [3.05, 3.63) is 5.82 Å². The van der Waals surface area contributed by atoms with Crippen LogP contribution in [0.5, 0.6) is 0 Å². The molecule has 0 radical (unpaired) electrons. The predicted octanol–water partition coefficient (Wildman–Crippen LogP) is 1.07. The molecule has 0 spiro atoms. The van der Waals surface area contributed by atoms with E-state index in [-0.39, 0.29) is 5.92 Å². The number of nitrogens with zero attached hydrogens (tertiary/aromatic N) is 4. The maximum atomic E-state index is 11.5. The van der Waals surface area contributed by atoms with Crippen molar-refractivity contribution in [1.29, 1.82) is 0 Å². The van der Waals surface area contributed by atoms with Gasteiger partial charge in [0.05, 0.1) is 18.6 Å². The van der Waals surface area contributed by atoms with E-state index in [0.717, 1.165) is 12.2 Å². The molecule has 0 bridgehead atoms. The lowest BCUT2D eigenvalue weighted by molar-refractivity contribution is -0.150. The average Bonchev–Trinajstić information content (AvgIpc) is 3.06. The van der Waals surface area contributed by atoms with E-state index >= 15 is 0 Å². The summed E-state index contributed by atoms with van der Waals surface area (Å²) in [5.41, 5.74) is -0.802. The highest BCUT2D eigenvalue weighted by atomic mass is 16.5. The molecule has 7 nitrogen and oxygen atoms in total. The number of ether oxygens (including phenoxy) is 1. The molecule has 2 heterocycles. The van der Waals surface area contributed by atoms with Crippen LogP contribution in [0.15, 0.2) is 0 Å². The monoisotopic (exact) mass is 268 g/mol. The van der Waals surface area contributed by atoms with Crippen molar-refractivity contribution < 1.29 is 14.6 Å². The van der Waals surface area contributed by atoms with Crippen LogP contribution in [-0.2, 0) is 16.1 Å². The molecular weight excluding hydrogens is 248 g/mol. The minimum Gasteiger partial charge on any atom is -0.481 e. The van der Waals surface area contributed by atoms with Crippen LogP contribution in [0.1, 0.15) is 44.9 Å². The van der Waals surface area contributed by atoms with Gasteiger partial charge in [-0.05, 0) is 29.7 Å². The molecule has 1 N–H and O–H groups in total. The summed E-state index contributed by atoms with van der Waals surface area (Å²) in [7, 11) is 0. The summed E-state index contributed by atoms with van der Waals surface area (Å²) in [5.74, 6) is 0.127. The van der Waals surface area contributed by atoms with Crippen LogP contribution in [0, 0.1) is 5.41 Å². The van der Waals surface area contributed by atoms with Crippen LogP contribution < -0.4 is 0 Å². The fraction of sp³-hybridized carbons (Fsp3) is 0.833. The summed E-state index contributed by atoms with van der Waals surface area (Å²) in [6, 6.07) is 0. The van der Waals surface area contributed by atoms with Gasteiger partial charge in [-0.15, -0.1) is 5.10 Å². The molecule has 1 aromatic rings. The molecule has 1 aliphatic heterocycles. The van der Waals surface area contributed by atoms with Crippen molar-refractivity contribution >= 4 is 5.97 Å². The summed E-state index contributed by atoms with van der Waals surface area (Å²) in [6.45, 7) is 5.41. The quantitative estimate of drug-likeness (QED) is 0.830. The van der Waals surface area contributed by atoms with Crippen LogP contribution in [-0.4, -0.2) is 44.5 Å². The molecule has 106 valence electrons. The first kappa shape index (κ1) is 13.9. The molecule has 1 saturated heterocycles. The Balaban J connectivity index is 2.22. The van der Waals surface area contributed by atoms with E-state index in [4.69, 9.17) is 4.74 Å². The molecule has 1 fully saturated rings. The first-order chi connectivity index (χ1) is 9.13. The smallest absolute Gasteiger partial charge is 0.311 e. The van der Waals surface area contributed by atoms with Gasteiger partial charge in [-0.25, -0.2) is 4.68 Å². The Hall–Kier alpha value is -1.50. The SMILES string of the molecule is CCC(CC)(Cn1nnnc1C1CCOC1)C(=O)O. The van der Waals surface area contributed by atoms with Gasteiger partial charge in [-0.2, -0.15) is 0 Å². The lowest BCUT2D eigenvalue weighted by atomic mass is 9.82. The minimum atomic E-state index is -0.802. The van der Waals surface area contributed by atoms with Crippen molar-refractivity contribution in [2.24, 2.45) is 5.41 Å². The van der Waals surface area contributed by atoms with Gasteiger partial charge < -0.3 is 9.84 Å². The highest BCUT2D eigenvalue weighted by Gasteiger charge is 2.37. The Labute approximate surface area is 111 Å². The molecule has 0 aromatic carbocycles. The van der Waals surface area contributed by atoms with Crippen LogP contribution in [0.2, 0.25) is 0 Å². The zero-order valence-electron chi connectivity index (χ0n) is 11.4. The standard InChI is InChI=1S/C12H20N4O3/c1-3-12(4-2,11(17)18)8-16-10(13-14-15-16)9-5-6-19-7-9/h9H,3-8H2,1-2H3,(H,17,18). The molecule has 2 rings (SSSR count). The second-order valence-corrected chi connectivity index (χ2v) is 5.05. The molecular formula is C12H20N4O3. The van der Waals surface area contributed by atoms with Crippen LogP contribution >= 0.6 is 0 Å². The predicted molar refractivity (Wildman–Crippen MR) is 66.6 cm³/mol. The van der Waals surface area contributed by atoms with Crippen molar-refractivity contribution in [3.63, 3.8) is 0 Å². The maximum Gasteiger partial charge on any atom is 0.311 e. The third-order valence-corrected chi connectivity index (χ3v) is 4.11. The lowest BCUT2D eigenvalue weighted by Gasteiger charge is -2.26. The van der Waals surface area contributed by atoms with Gasteiger partial charge >= 0.3 is 5.97 Å². The number of hydrogen-bond acceptors (Lipinski definition) is 5. The van der Waals surface area contributed by atoms with Gasteiger partial charge in [0.15, 0.2) is 5.82 Å². The van der Waals surface area contributed by atoms with Gasteiger partial charge in [0.1, 0.15) is 0 Å². The number of rotatable bonds is 6. The number of carbonyl (C=O) groups is 1. The number of aliphatic carboxylic acids is 1. The Morgan fingerprint density at radius 2 is 2.26 bits per heavy atom. The third kappa shape index (κ3) is 2.60. The number of aromatic nitrogens is 4. The van der Waals surface area contributed by atoms with E-state index in [0.29, 0.717) is 32.6 Å². The number of carboxylic acids is 1. The molecule has 1 atom stereocenters. The Kier molecular flexibility index (Phi) is 4.14. The molecule has 0 amide bonds. The zero-order chi connectivity index (χ0) is 13.9. The lowest BCUT2D eigenvalue weighted by Crippen LogP contribution is -2.35. The van der Waals surface area contributed by atoms with Gasteiger partial charge in [0.25, 0.3) is 0 Å². The second-order valence-electron chi connectivity index (χ2n) is 5.05. The highest BCUT2D eigenvalue weighted by molar-refractivity contribution is 5.74. The fourth-order valence-electron chi connectivity index (χ4n) is 2.49. The third-order valence-electron chi connectivity index (χ3n) is 4.11. The number of tetrazole rings is 1. The summed E-state index contributed by atoms with van der Waals surface area (Å²) < 4.78 is 6.98. The van der Waals surface area contributed by atoms with Crippen LogP contribution in [0.4, 0.5) is 0 Å². The van der Waals surface area contributed by atoms with Gasteiger partial charge in [0, 0.05) is 12.5 Å². The highest BCUT2D eigenvalue weighted by Crippen LogP contribution is 2.31. The minimum absolute atomic E-state index is 0.176. The average molecular weight is 268 g/mol. The van der Waals surface area contributed by atoms with Crippen LogP contribution in [0.3, 0.4) is 0 Å². The molecule has 0 aliphatic carbocycles. The summed E-state index contributed by atoms with van der Waals surface area (Å²) in [6.07, 6.45) is 2.00. The summed E-state index contributed by atoms with van der Waals surface area (Å²) >= 11 is 0. The molecule has 0 saturated carbocycles. The van der Waals surface area contributed by atoms with E-state index in [1.807, 2.05) is 13.8 Å². The molecule has 1 unspecified atom stereocenters. The molecule has 1 aliphatic rings. The normalized spacial score (nSPS) is 19.8. The van der Waals surface area contributed by atoms with E-state index in [1.54, 1.807) is 4.68 Å². The second kappa shape index (κ2) is 5.64. The van der Waals surface area contributed by atoms with Crippen molar-refractivity contribution in [3.8, 4) is 0 Å².